The molecule has 1 aromatic rings. The van der Waals surface area contributed by atoms with Crippen LogP contribution in [0.15, 0.2) is 29.2 Å². The second-order valence-corrected chi connectivity index (χ2v) is 9.23. The number of nitrogens with one attached hydrogen (secondary N) is 1. The normalized spacial score (nSPS) is 17.4. The van der Waals surface area contributed by atoms with Gasteiger partial charge in [-0.05, 0) is 36.4 Å². The predicted octanol–water partition coefficient (Wildman–Crippen LogP) is 1.85. The summed E-state index contributed by atoms with van der Waals surface area (Å²) in [5, 5.41) is 2.88. The van der Waals surface area contributed by atoms with E-state index in [0.717, 1.165) is 25.7 Å². The maximum absolute atomic E-state index is 12.4. The summed E-state index contributed by atoms with van der Waals surface area (Å²) in [5.41, 5.74) is 6.44. The first-order valence-corrected chi connectivity index (χ1v) is 10.2. The molecule has 2 rings (SSSR count). The third kappa shape index (κ3) is 4.80. The topological polar surface area (TPSA) is 92.5 Å². The number of rotatable bonds is 7. The minimum atomic E-state index is -3.54. The summed E-state index contributed by atoms with van der Waals surface area (Å²) in [6.45, 7) is 0.717. The van der Waals surface area contributed by atoms with Crippen LogP contribution >= 0.6 is 0 Å². The van der Waals surface area contributed by atoms with Crippen LogP contribution in [0.4, 0.5) is 0 Å². The van der Waals surface area contributed by atoms with Crippen molar-refractivity contribution in [1.29, 1.82) is 0 Å². The van der Waals surface area contributed by atoms with Crippen LogP contribution in [0.5, 0.6) is 0 Å². The number of carbonyl (C=O) groups is 1. The molecule has 0 heterocycles. The van der Waals surface area contributed by atoms with Crippen LogP contribution in [0.3, 0.4) is 0 Å². The molecule has 1 aliphatic carbocycles. The number of hydrogen-bond donors (Lipinski definition) is 2. The van der Waals surface area contributed by atoms with E-state index in [1.165, 1.54) is 24.8 Å². The lowest BCUT2D eigenvalue weighted by Crippen LogP contribution is -2.38. The van der Waals surface area contributed by atoms with E-state index in [1.807, 2.05) is 0 Å². The Labute approximate surface area is 150 Å². The number of hydrogen-bond acceptors (Lipinski definition) is 4. The highest BCUT2D eigenvalue weighted by atomic mass is 32.2. The maximum atomic E-state index is 12.4. The molecule has 0 atom stereocenters. The average Bonchev–Trinajstić information content (AvgIpc) is 2.61. The molecule has 7 heteroatoms. The quantitative estimate of drug-likeness (QED) is 0.769. The zero-order valence-corrected chi connectivity index (χ0v) is 15.9. The van der Waals surface area contributed by atoms with Crippen molar-refractivity contribution < 1.29 is 13.2 Å². The van der Waals surface area contributed by atoms with Crippen LogP contribution in [-0.4, -0.2) is 39.3 Å². The van der Waals surface area contributed by atoms with Gasteiger partial charge in [-0.25, -0.2) is 12.7 Å². The Balaban J connectivity index is 2.05. The molecule has 0 bridgehead atoms. The minimum Gasteiger partial charge on any atom is -0.352 e. The van der Waals surface area contributed by atoms with Gasteiger partial charge in [0.05, 0.1) is 4.90 Å². The van der Waals surface area contributed by atoms with Gasteiger partial charge in [-0.3, -0.25) is 4.79 Å². The lowest BCUT2D eigenvalue weighted by molar-refractivity contribution is -0.124. The van der Waals surface area contributed by atoms with Crippen LogP contribution in [-0.2, 0) is 21.4 Å². The predicted molar refractivity (Wildman–Crippen MR) is 98.4 cm³/mol. The average molecular weight is 368 g/mol. The zero-order valence-electron chi connectivity index (χ0n) is 15.1. The summed E-state index contributed by atoms with van der Waals surface area (Å²) in [6.07, 6.45) is 5.83. The highest BCUT2D eigenvalue weighted by Crippen LogP contribution is 2.38. The van der Waals surface area contributed by atoms with Crippen LogP contribution in [0, 0.1) is 5.41 Å². The summed E-state index contributed by atoms with van der Waals surface area (Å²) >= 11 is 0. The van der Waals surface area contributed by atoms with Gasteiger partial charge in [-0.15, -0.1) is 0 Å². The minimum absolute atomic E-state index is 0.0654. The molecule has 0 spiro atoms. The summed E-state index contributed by atoms with van der Waals surface area (Å²) in [6, 6.07) is 6.77. The van der Waals surface area contributed by atoms with Gasteiger partial charge in [0.2, 0.25) is 15.9 Å². The first-order chi connectivity index (χ1) is 11.8. The van der Waals surface area contributed by atoms with Crippen molar-refractivity contribution in [3.63, 3.8) is 0 Å². The van der Waals surface area contributed by atoms with Gasteiger partial charge in [0.1, 0.15) is 0 Å². The number of carbonyl (C=O) groups excluding carboxylic acids is 1. The fourth-order valence-electron chi connectivity index (χ4n) is 3.45. The number of nitrogens with zero attached hydrogens (tertiary/aromatic N) is 1. The molecule has 140 valence electrons. The fourth-order valence-corrected chi connectivity index (χ4v) is 4.57. The van der Waals surface area contributed by atoms with E-state index < -0.39 is 10.0 Å². The molecule has 1 fully saturated rings. The lowest BCUT2D eigenvalue weighted by Gasteiger charge is -2.35. The SMILES string of the molecule is CN(C)S(=O)(=O)c1ccccc1CNC(=O)CC1(CN)CCCCC1. The van der Waals surface area contributed by atoms with Gasteiger partial charge < -0.3 is 11.1 Å². The molecule has 1 amide bonds. The number of sulfonamides is 1. The number of amides is 1. The molecule has 0 aromatic heterocycles. The van der Waals surface area contributed by atoms with E-state index in [4.69, 9.17) is 5.73 Å². The molecule has 0 aliphatic heterocycles. The molecule has 0 radical (unpaired) electrons. The summed E-state index contributed by atoms with van der Waals surface area (Å²) < 4.78 is 26.0. The maximum Gasteiger partial charge on any atom is 0.242 e. The highest BCUT2D eigenvalue weighted by Gasteiger charge is 2.33. The molecular weight excluding hydrogens is 338 g/mol. The standard InChI is InChI=1S/C18H29N3O3S/c1-21(2)25(23,24)16-9-5-4-8-15(16)13-20-17(22)12-18(14-19)10-6-3-7-11-18/h4-5,8-9H,3,6-7,10-14,19H2,1-2H3,(H,20,22). The Morgan fingerprint density at radius 1 is 1.20 bits per heavy atom. The van der Waals surface area contributed by atoms with Crippen molar-refractivity contribution >= 4 is 15.9 Å². The molecular formula is C18H29N3O3S. The molecule has 1 aliphatic rings. The van der Waals surface area contributed by atoms with Gasteiger partial charge in [0.15, 0.2) is 0 Å². The molecule has 3 N–H and O–H groups in total. The third-order valence-electron chi connectivity index (χ3n) is 5.09. The van der Waals surface area contributed by atoms with E-state index >= 15 is 0 Å². The number of benzene rings is 1. The van der Waals surface area contributed by atoms with Crippen molar-refractivity contribution in [2.24, 2.45) is 11.1 Å². The fraction of sp³-hybridized carbons (Fsp3) is 0.611. The Morgan fingerprint density at radius 2 is 1.84 bits per heavy atom. The van der Waals surface area contributed by atoms with E-state index in [-0.39, 0.29) is 22.8 Å². The molecule has 6 nitrogen and oxygen atoms in total. The molecule has 0 saturated heterocycles. The Hall–Kier alpha value is -1.44. The van der Waals surface area contributed by atoms with Gasteiger partial charge >= 0.3 is 0 Å². The van der Waals surface area contributed by atoms with Crippen LogP contribution in [0.1, 0.15) is 44.1 Å². The van der Waals surface area contributed by atoms with Gasteiger partial charge in [-0.1, -0.05) is 37.5 Å². The lowest BCUT2D eigenvalue weighted by atomic mass is 9.71. The van der Waals surface area contributed by atoms with Crippen molar-refractivity contribution in [3.05, 3.63) is 29.8 Å². The molecule has 1 saturated carbocycles. The van der Waals surface area contributed by atoms with Crippen LogP contribution in [0.25, 0.3) is 0 Å². The van der Waals surface area contributed by atoms with Gasteiger partial charge in [0, 0.05) is 27.1 Å². The summed E-state index contributed by atoms with van der Waals surface area (Å²) in [4.78, 5) is 12.6. The first-order valence-electron chi connectivity index (χ1n) is 8.78. The van der Waals surface area contributed by atoms with E-state index in [1.54, 1.807) is 24.3 Å². The van der Waals surface area contributed by atoms with Gasteiger partial charge in [0.25, 0.3) is 0 Å². The summed E-state index contributed by atoms with van der Waals surface area (Å²) in [5.74, 6) is -0.0654. The first kappa shape index (κ1) is 19.9. The largest absolute Gasteiger partial charge is 0.352 e. The zero-order chi connectivity index (χ0) is 18.5. The second-order valence-electron chi connectivity index (χ2n) is 7.11. The van der Waals surface area contributed by atoms with Crippen molar-refractivity contribution in [1.82, 2.24) is 9.62 Å². The smallest absolute Gasteiger partial charge is 0.242 e. The Bertz CT molecular complexity index is 695. The highest BCUT2D eigenvalue weighted by molar-refractivity contribution is 7.89. The van der Waals surface area contributed by atoms with Crippen molar-refractivity contribution in [3.8, 4) is 0 Å². The second kappa shape index (κ2) is 8.29. The van der Waals surface area contributed by atoms with E-state index in [9.17, 15) is 13.2 Å². The van der Waals surface area contributed by atoms with Gasteiger partial charge in [-0.2, -0.15) is 0 Å². The summed E-state index contributed by atoms with van der Waals surface area (Å²) in [7, 11) is -0.540. The monoisotopic (exact) mass is 367 g/mol. The molecule has 1 aromatic carbocycles. The van der Waals surface area contributed by atoms with E-state index in [0.29, 0.717) is 18.5 Å². The Morgan fingerprint density at radius 3 is 2.44 bits per heavy atom. The van der Waals surface area contributed by atoms with Crippen LogP contribution in [0.2, 0.25) is 0 Å². The van der Waals surface area contributed by atoms with Crippen LogP contribution < -0.4 is 11.1 Å². The van der Waals surface area contributed by atoms with E-state index in [2.05, 4.69) is 5.32 Å². The number of nitrogens with two attached hydrogens (primary N) is 1. The molecule has 25 heavy (non-hydrogen) atoms. The Kier molecular flexibility index (Phi) is 6.59. The third-order valence-corrected chi connectivity index (χ3v) is 7.01. The molecule has 0 unspecified atom stereocenters. The van der Waals surface area contributed by atoms with Crippen molar-refractivity contribution in [2.45, 2.75) is 50.0 Å². The van der Waals surface area contributed by atoms with Crippen molar-refractivity contribution in [2.75, 3.05) is 20.6 Å².